The zero-order valence-corrected chi connectivity index (χ0v) is 13.0. The second-order valence-electron chi connectivity index (χ2n) is 5.79. The molecule has 2 aromatic rings. The number of carbonyl (C=O) groups excluding carboxylic acids is 1. The van der Waals surface area contributed by atoms with Crippen molar-refractivity contribution < 1.29 is 9.90 Å². The summed E-state index contributed by atoms with van der Waals surface area (Å²) < 4.78 is 1.60. The first-order chi connectivity index (χ1) is 11.3. The summed E-state index contributed by atoms with van der Waals surface area (Å²) in [5.74, 6) is -0.156. The van der Waals surface area contributed by atoms with Gasteiger partial charge in [-0.1, -0.05) is 24.3 Å². The van der Waals surface area contributed by atoms with Crippen molar-refractivity contribution >= 4 is 11.6 Å². The fourth-order valence-corrected chi connectivity index (χ4v) is 3.03. The van der Waals surface area contributed by atoms with E-state index in [4.69, 9.17) is 5.11 Å². The summed E-state index contributed by atoms with van der Waals surface area (Å²) in [5.41, 5.74) is 3.68. The molecule has 0 saturated carbocycles. The number of amides is 1. The van der Waals surface area contributed by atoms with Crippen molar-refractivity contribution in [2.75, 3.05) is 18.5 Å². The summed E-state index contributed by atoms with van der Waals surface area (Å²) in [6, 6.07) is 8.83. The molecule has 0 radical (unpaired) electrons. The third-order valence-electron chi connectivity index (χ3n) is 4.08. The van der Waals surface area contributed by atoms with Gasteiger partial charge in [0, 0.05) is 12.7 Å². The summed E-state index contributed by atoms with van der Waals surface area (Å²) in [6.45, 7) is 0.367. The van der Waals surface area contributed by atoms with Crippen LogP contribution in [0, 0.1) is 0 Å². The lowest BCUT2D eigenvalue weighted by Crippen LogP contribution is -2.30. The average Bonchev–Trinajstić information content (AvgIpc) is 3.00. The number of carbonyl (C=O) groups is 1. The van der Waals surface area contributed by atoms with E-state index in [2.05, 4.69) is 40.0 Å². The van der Waals surface area contributed by atoms with Gasteiger partial charge >= 0.3 is 0 Å². The molecule has 1 unspecified atom stereocenters. The Morgan fingerprint density at radius 2 is 2.26 bits per heavy atom. The van der Waals surface area contributed by atoms with Gasteiger partial charge < -0.3 is 15.7 Å². The van der Waals surface area contributed by atoms with Crippen molar-refractivity contribution in [3.05, 3.63) is 47.8 Å². The molecule has 3 N–H and O–H groups in total. The Labute approximate surface area is 135 Å². The van der Waals surface area contributed by atoms with Gasteiger partial charge in [0.05, 0.1) is 24.5 Å². The molecule has 0 saturated heterocycles. The Morgan fingerprint density at radius 3 is 3.13 bits per heavy atom. The number of nitrogens with one attached hydrogen (secondary N) is 2. The van der Waals surface area contributed by atoms with E-state index < -0.39 is 0 Å². The first kappa shape index (κ1) is 15.6. The van der Waals surface area contributed by atoms with Gasteiger partial charge in [-0.2, -0.15) is 5.10 Å². The van der Waals surface area contributed by atoms with Crippen LogP contribution < -0.4 is 10.6 Å². The number of aliphatic hydroxyl groups is 1. The fourth-order valence-electron chi connectivity index (χ4n) is 3.03. The van der Waals surface area contributed by atoms with Gasteiger partial charge in [-0.3, -0.25) is 9.48 Å². The van der Waals surface area contributed by atoms with Crippen LogP contribution in [-0.2, 0) is 17.8 Å². The highest BCUT2D eigenvalue weighted by Crippen LogP contribution is 2.32. The minimum absolute atomic E-state index is 0.0568. The van der Waals surface area contributed by atoms with Gasteiger partial charge in [-0.15, -0.1) is 0 Å². The molecule has 1 aliphatic rings. The monoisotopic (exact) mass is 314 g/mol. The number of hydrogen-bond donors (Lipinski definition) is 3. The zero-order chi connectivity index (χ0) is 16.1. The second-order valence-corrected chi connectivity index (χ2v) is 5.79. The van der Waals surface area contributed by atoms with Gasteiger partial charge in [0.25, 0.3) is 0 Å². The standard InChI is InChI=1S/C17H22N4O2/c22-9-8-18-17(23)12-21-11-14(10-19-21)20-16-7-3-5-13-4-1-2-6-15(13)16/h1-2,4,6,10-11,16,20,22H,3,5,7-9,12H2,(H,18,23). The van der Waals surface area contributed by atoms with Gasteiger partial charge in [0.1, 0.15) is 6.54 Å². The maximum atomic E-state index is 11.6. The van der Waals surface area contributed by atoms with Gasteiger partial charge in [-0.25, -0.2) is 0 Å². The lowest BCUT2D eigenvalue weighted by Gasteiger charge is -2.26. The first-order valence-corrected chi connectivity index (χ1v) is 8.00. The van der Waals surface area contributed by atoms with Crippen LogP contribution in [0.5, 0.6) is 0 Å². The predicted molar refractivity (Wildman–Crippen MR) is 88.1 cm³/mol. The SMILES string of the molecule is O=C(Cn1cc(NC2CCCc3ccccc32)cn1)NCCO. The van der Waals surface area contributed by atoms with Gasteiger partial charge in [0.15, 0.2) is 0 Å². The zero-order valence-electron chi connectivity index (χ0n) is 13.0. The lowest BCUT2D eigenvalue weighted by atomic mass is 9.88. The number of hydrogen-bond acceptors (Lipinski definition) is 4. The molecule has 1 amide bonds. The Bertz CT molecular complexity index is 668. The molecule has 23 heavy (non-hydrogen) atoms. The van der Waals surface area contributed by atoms with Gasteiger partial charge in [-0.05, 0) is 30.4 Å². The third kappa shape index (κ3) is 3.90. The van der Waals surface area contributed by atoms with Crippen molar-refractivity contribution in [2.24, 2.45) is 0 Å². The number of aliphatic hydroxyl groups excluding tert-OH is 1. The van der Waals surface area contributed by atoms with Crippen LogP contribution in [0.3, 0.4) is 0 Å². The predicted octanol–water partition coefficient (Wildman–Crippen LogP) is 1.48. The summed E-state index contributed by atoms with van der Waals surface area (Å²) >= 11 is 0. The maximum absolute atomic E-state index is 11.6. The molecular weight excluding hydrogens is 292 g/mol. The molecule has 1 heterocycles. The maximum Gasteiger partial charge on any atom is 0.241 e. The number of aromatic nitrogens is 2. The highest BCUT2D eigenvalue weighted by molar-refractivity contribution is 5.75. The Balaban J connectivity index is 1.63. The van der Waals surface area contributed by atoms with Crippen molar-refractivity contribution in [1.82, 2.24) is 15.1 Å². The molecule has 1 aliphatic carbocycles. The molecule has 1 aromatic carbocycles. The van der Waals surface area contributed by atoms with E-state index in [1.165, 1.54) is 17.5 Å². The molecule has 122 valence electrons. The number of benzene rings is 1. The molecule has 0 spiro atoms. The number of nitrogens with zero attached hydrogens (tertiary/aromatic N) is 2. The quantitative estimate of drug-likeness (QED) is 0.754. The van der Waals surface area contributed by atoms with E-state index in [1.807, 2.05) is 6.20 Å². The first-order valence-electron chi connectivity index (χ1n) is 8.00. The number of anilines is 1. The molecule has 0 aliphatic heterocycles. The normalized spacial score (nSPS) is 16.7. The van der Waals surface area contributed by atoms with Crippen LogP contribution in [0.2, 0.25) is 0 Å². The molecule has 3 rings (SSSR count). The minimum atomic E-state index is -0.156. The molecular formula is C17H22N4O2. The molecule has 1 atom stereocenters. The van der Waals surface area contributed by atoms with Crippen LogP contribution in [0.1, 0.15) is 30.0 Å². The second kappa shape index (κ2) is 7.28. The summed E-state index contributed by atoms with van der Waals surface area (Å²) in [6.07, 6.45) is 7.00. The van der Waals surface area contributed by atoms with Crippen molar-refractivity contribution in [2.45, 2.75) is 31.8 Å². The average molecular weight is 314 g/mol. The number of fused-ring (bicyclic) bond motifs is 1. The van der Waals surface area contributed by atoms with E-state index >= 15 is 0 Å². The number of rotatable bonds is 6. The highest BCUT2D eigenvalue weighted by Gasteiger charge is 2.19. The fraction of sp³-hybridized carbons (Fsp3) is 0.412. The van der Waals surface area contributed by atoms with Crippen molar-refractivity contribution in [1.29, 1.82) is 0 Å². The van der Waals surface area contributed by atoms with Crippen LogP contribution >= 0.6 is 0 Å². The number of aryl methyl sites for hydroxylation is 1. The Morgan fingerprint density at radius 1 is 1.39 bits per heavy atom. The van der Waals surface area contributed by atoms with E-state index in [-0.39, 0.29) is 25.6 Å². The Kier molecular flexibility index (Phi) is 4.92. The summed E-state index contributed by atoms with van der Waals surface area (Å²) in [4.78, 5) is 11.6. The lowest BCUT2D eigenvalue weighted by molar-refractivity contribution is -0.122. The van der Waals surface area contributed by atoms with Crippen molar-refractivity contribution in [3.8, 4) is 0 Å². The Hall–Kier alpha value is -2.34. The smallest absolute Gasteiger partial charge is 0.241 e. The minimum Gasteiger partial charge on any atom is -0.395 e. The largest absolute Gasteiger partial charge is 0.395 e. The molecule has 1 aromatic heterocycles. The van der Waals surface area contributed by atoms with Crippen LogP contribution in [-0.4, -0.2) is 33.9 Å². The van der Waals surface area contributed by atoms with E-state index in [0.717, 1.165) is 18.5 Å². The van der Waals surface area contributed by atoms with Crippen LogP contribution in [0.15, 0.2) is 36.7 Å². The molecule has 0 bridgehead atoms. The third-order valence-corrected chi connectivity index (χ3v) is 4.08. The van der Waals surface area contributed by atoms with E-state index in [1.54, 1.807) is 10.9 Å². The van der Waals surface area contributed by atoms with Crippen LogP contribution in [0.4, 0.5) is 5.69 Å². The van der Waals surface area contributed by atoms with E-state index in [9.17, 15) is 4.79 Å². The highest BCUT2D eigenvalue weighted by atomic mass is 16.3. The van der Waals surface area contributed by atoms with E-state index in [0.29, 0.717) is 6.04 Å². The molecule has 6 nitrogen and oxygen atoms in total. The summed E-state index contributed by atoms with van der Waals surface area (Å²) in [7, 11) is 0. The van der Waals surface area contributed by atoms with Crippen LogP contribution in [0.25, 0.3) is 0 Å². The summed E-state index contributed by atoms with van der Waals surface area (Å²) in [5, 5.41) is 19.1. The topological polar surface area (TPSA) is 79.2 Å². The molecule has 0 fully saturated rings. The van der Waals surface area contributed by atoms with Gasteiger partial charge in [0.2, 0.25) is 5.91 Å². The molecule has 6 heteroatoms. The van der Waals surface area contributed by atoms with Crippen molar-refractivity contribution in [3.63, 3.8) is 0 Å².